The molecule has 1 fully saturated rings. The van der Waals surface area contributed by atoms with Crippen LogP contribution in [0.25, 0.3) is 0 Å². The van der Waals surface area contributed by atoms with Crippen LogP contribution in [0.4, 0.5) is 11.4 Å². The molecule has 2 amide bonds. The molecule has 0 saturated carbocycles. The first-order valence-electron chi connectivity index (χ1n) is 9.49. The predicted octanol–water partition coefficient (Wildman–Crippen LogP) is 2.22. The molecule has 2 aromatic rings. The molecule has 1 saturated heterocycles. The van der Waals surface area contributed by atoms with Crippen molar-refractivity contribution in [2.24, 2.45) is 11.1 Å². The minimum atomic E-state index is -1.13. The van der Waals surface area contributed by atoms with Crippen LogP contribution >= 0.6 is 0 Å². The molecule has 4 rings (SSSR count). The molecule has 0 aromatic heterocycles. The van der Waals surface area contributed by atoms with Gasteiger partial charge in [-0.2, -0.15) is 0 Å². The summed E-state index contributed by atoms with van der Waals surface area (Å²) in [4.78, 5) is 43.4. The van der Waals surface area contributed by atoms with E-state index in [-0.39, 0.29) is 22.8 Å². The van der Waals surface area contributed by atoms with E-state index in [1.807, 2.05) is 0 Å². The third-order valence-corrected chi connectivity index (χ3v) is 5.43. The number of methoxy groups -OCH3 is 3. The highest BCUT2D eigenvalue weighted by Crippen LogP contribution is 2.41. The molecule has 32 heavy (non-hydrogen) atoms. The van der Waals surface area contributed by atoms with E-state index >= 15 is 0 Å². The Bertz CT molecular complexity index is 1180. The maximum absolute atomic E-state index is 13.3. The Morgan fingerprint density at radius 2 is 1.69 bits per heavy atom. The molecule has 2 aliphatic rings. The number of hydrogen-bond acceptors (Lipinski definition) is 9. The van der Waals surface area contributed by atoms with Crippen molar-refractivity contribution in [1.29, 1.82) is 0 Å². The van der Waals surface area contributed by atoms with Crippen LogP contribution in [0.2, 0.25) is 0 Å². The zero-order valence-corrected chi connectivity index (χ0v) is 17.6. The zero-order valence-electron chi connectivity index (χ0n) is 17.6. The number of ether oxygens (including phenoxy) is 3. The lowest BCUT2D eigenvalue weighted by atomic mass is 9.94. The highest BCUT2D eigenvalue weighted by Gasteiger charge is 2.56. The third kappa shape index (κ3) is 3.09. The number of rotatable bonds is 6. The van der Waals surface area contributed by atoms with E-state index in [0.717, 1.165) is 4.90 Å². The second-order valence-electron chi connectivity index (χ2n) is 7.13. The quantitative estimate of drug-likeness (QED) is 0.379. The SMILES string of the molecule is COc1ccc(C2=NO[C@@H]3C(=O)N(c4cc(OC)c([N+](=O)[O-])cc4C)C(=O)[C@H]23)cc1OC. The van der Waals surface area contributed by atoms with Crippen molar-refractivity contribution in [3.8, 4) is 17.2 Å². The second-order valence-corrected chi connectivity index (χ2v) is 7.13. The number of benzene rings is 2. The second kappa shape index (κ2) is 7.84. The van der Waals surface area contributed by atoms with Gasteiger partial charge in [-0.25, -0.2) is 4.90 Å². The highest BCUT2D eigenvalue weighted by molar-refractivity contribution is 6.32. The Morgan fingerprint density at radius 3 is 2.31 bits per heavy atom. The van der Waals surface area contributed by atoms with Crippen LogP contribution in [-0.2, 0) is 14.4 Å². The lowest BCUT2D eigenvalue weighted by Crippen LogP contribution is -2.33. The van der Waals surface area contributed by atoms with Crippen molar-refractivity contribution in [2.75, 3.05) is 26.2 Å². The molecule has 0 aliphatic carbocycles. The number of nitro groups is 1. The topological polar surface area (TPSA) is 130 Å². The molecule has 0 spiro atoms. The average Bonchev–Trinajstić information content (AvgIpc) is 3.33. The van der Waals surface area contributed by atoms with E-state index in [1.165, 1.54) is 33.5 Å². The van der Waals surface area contributed by atoms with Gasteiger partial charge in [0.2, 0.25) is 12.0 Å². The third-order valence-electron chi connectivity index (χ3n) is 5.43. The van der Waals surface area contributed by atoms with Crippen LogP contribution in [0.1, 0.15) is 11.1 Å². The van der Waals surface area contributed by atoms with E-state index in [9.17, 15) is 19.7 Å². The molecule has 0 N–H and O–H groups in total. The first kappa shape index (κ1) is 21.1. The summed E-state index contributed by atoms with van der Waals surface area (Å²) in [6.07, 6.45) is -1.13. The van der Waals surface area contributed by atoms with E-state index in [4.69, 9.17) is 19.0 Å². The monoisotopic (exact) mass is 441 g/mol. The van der Waals surface area contributed by atoms with Gasteiger partial charge in [-0.3, -0.25) is 19.7 Å². The summed E-state index contributed by atoms with van der Waals surface area (Å²) >= 11 is 0. The van der Waals surface area contributed by atoms with E-state index in [0.29, 0.717) is 22.6 Å². The number of fused-ring (bicyclic) bond motifs is 1. The number of anilines is 1. The van der Waals surface area contributed by atoms with E-state index < -0.39 is 28.8 Å². The Morgan fingerprint density at radius 1 is 1.00 bits per heavy atom. The molecular formula is C21H19N3O8. The number of nitro benzene ring substituents is 1. The first-order valence-corrected chi connectivity index (χ1v) is 9.49. The summed E-state index contributed by atoms with van der Waals surface area (Å²) in [6, 6.07) is 7.55. The molecule has 2 aromatic carbocycles. The molecule has 166 valence electrons. The Kier molecular flexibility index (Phi) is 5.17. The summed E-state index contributed by atoms with van der Waals surface area (Å²) < 4.78 is 15.6. The summed E-state index contributed by atoms with van der Waals surface area (Å²) in [5, 5.41) is 15.3. The van der Waals surface area contributed by atoms with Crippen molar-refractivity contribution < 1.29 is 33.6 Å². The fourth-order valence-electron chi connectivity index (χ4n) is 3.86. The van der Waals surface area contributed by atoms with Crippen LogP contribution in [0.15, 0.2) is 35.5 Å². The van der Waals surface area contributed by atoms with Crippen LogP contribution in [0, 0.1) is 23.0 Å². The van der Waals surface area contributed by atoms with Gasteiger partial charge in [0.1, 0.15) is 11.6 Å². The van der Waals surface area contributed by atoms with Gasteiger partial charge in [0.05, 0.1) is 31.9 Å². The Labute approximate surface area is 182 Å². The van der Waals surface area contributed by atoms with Gasteiger partial charge in [0.25, 0.3) is 5.91 Å². The fraction of sp³-hybridized carbons (Fsp3) is 0.286. The fourth-order valence-corrected chi connectivity index (χ4v) is 3.86. The lowest BCUT2D eigenvalue weighted by molar-refractivity contribution is -0.385. The van der Waals surface area contributed by atoms with Crippen LogP contribution in [-0.4, -0.2) is 49.9 Å². The van der Waals surface area contributed by atoms with Gasteiger partial charge in [-0.05, 0) is 30.7 Å². The number of amides is 2. The van der Waals surface area contributed by atoms with Crippen LogP contribution in [0.5, 0.6) is 17.2 Å². The van der Waals surface area contributed by atoms with Gasteiger partial charge in [0.15, 0.2) is 17.2 Å². The molecule has 0 radical (unpaired) electrons. The number of oxime groups is 1. The van der Waals surface area contributed by atoms with Crippen molar-refractivity contribution in [2.45, 2.75) is 13.0 Å². The van der Waals surface area contributed by atoms with Crippen molar-refractivity contribution in [3.63, 3.8) is 0 Å². The lowest BCUT2D eigenvalue weighted by Gasteiger charge is -2.19. The molecule has 0 bridgehead atoms. The van der Waals surface area contributed by atoms with Crippen molar-refractivity contribution in [3.05, 3.63) is 51.6 Å². The maximum Gasteiger partial charge on any atom is 0.311 e. The molecule has 11 nitrogen and oxygen atoms in total. The normalized spacial score (nSPS) is 19.4. The first-order chi connectivity index (χ1) is 15.3. The van der Waals surface area contributed by atoms with Gasteiger partial charge < -0.3 is 19.0 Å². The van der Waals surface area contributed by atoms with Gasteiger partial charge in [-0.1, -0.05) is 5.16 Å². The number of aryl methyl sites for hydroxylation is 1. The number of imide groups is 1. The van der Waals surface area contributed by atoms with Crippen molar-refractivity contribution in [1.82, 2.24) is 0 Å². The van der Waals surface area contributed by atoms with Gasteiger partial charge >= 0.3 is 5.69 Å². The predicted molar refractivity (Wildman–Crippen MR) is 111 cm³/mol. The van der Waals surface area contributed by atoms with E-state index in [2.05, 4.69) is 5.16 Å². The smallest absolute Gasteiger partial charge is 0.311 e. The largest absolute Gasteiger partial charge is 0.493 e. The Balaban J connectivity index is 1.73. The standard InChI is InChI=1S/C21H19N3O8/c1-10-7-13(24(27)28)15(30-3)9-12(10)23-20(25)17-18(22-32-19(17)21(23)26)11-5-6-14(29-2)16(8-11)31-4/h5-9,17,19H,1-4H3/t17-,19+/m1/s1. The van der Waals surface area contributed by atoms with Crippen molar-refractivity contribution >= 4 is 28.9 Å². The van der Waals surface area contributed by atoms with Crippen LogP contribution < -0.4 is 19.1 Å². The number of carbonyl (C=O) groups excluding carboxylic acids is 2. The minimum absolute atomic E-state index is 0.0667. The number of nitrogens with zero attached hydrogens (tertiary/aromatic N) is 3. The zero-order chi connectivity index (χ0) is 23.2. The molecule has 2 aliphatic heterocycles. The summed E-state index contributed by atoms with van der Waals surface area (Å²) in [6.45, 7) is 1.57. The minimum Gasteiger partial charge on any atom is -0.493 e. The van der Waals surface area contributed by atoms with E-state index in [1.54, 1.807) is 25.1 Å². The van der Waals surface area contributed by atoms with Gasteiger partial charge in [0, 0.05) is 17.7 Å². The Hall–Kier alpha value is -4.15. The summed E-state index contributed by atoms with van der Waals surface area (Å²) in [5.41, 5.74) is 1.10. The highest BCUT2D eigenvalue weighted by atomic mass is 16.7. The molecule has 2 heterocycles. The van der Waals surface area contributed by atoms with Crippen LogP contribution in [0.3, 0.4) is 0 Å². The molecule has 0 unspecified atom stereocenters. The number of carbonyl (C=O) groups is 2. The molecular weight excluding hydrogens is 422 g/mol. The molecule has 2 atom stereocenters. The molecule has 11 heteroatoms. The number of hydrogen-bond donors (Lipinski definition) is 0. The maximum atomic E-state index is 13.3. The summed E-state index contributed by atoms with van der Waals surface area (Å²) in [5.74, 6) is -1.27. The average molecular weight is 441 g/mol. The summed E-state index contributed by atoms with van der Waals surface area (Å²) in [7, 11) is 4.25. The van der Waals surface area contributed by atoms with Gasteiger partial charge in [-0.15, -0.1) is 0 Å².